The molecule has 4 aromatic heterocycles. The summed E-state index contributed by atoms with van der Waals surface area (Å²) in [7, 11) is 0. The highest BCUT2D eigenvalue weighted by atomic mass is 32.2. The smallest absolute Gasteiger partial charge is 0.191 e. The SMILES string of the molecule is CCCn1c(SCc2cn3ccccc3n2)nnc1-c1csc2ccccc12. The lowest BCUT2D eigenvalue weighted by atomic mass is 10.1. The predicted octanol–water partition coefficient (Wildman–Crippen LogP) is 5.51. The Bertz CT molecular complexity index is 1220. The fourth-order valence-electron chi connectivity index (χ4n) is 3.37. The Morgan fingerprint density at radius 3 is 2.86 bits per heavy atom. The normalized spacial score (nSPS) is 11.6. The first-order valence-corrected chi connectivity index (χ1v) is 11.1. The number of thiophene rings is 1. The minimum atomic E-state index is 0.772. The van der Waals surface area contributed by atoms with E-state index in [-0.39, 0.29) is 0 Å². The van der Waals surface area contributed by atoms with Gasteiger partial charge >= 0.3 is 0 Å². The molecule has 1 aromatic carbocycles. The van der Waals surface area contributed by atoms with Crippen molar-refractivity contribution < 1.29 is 0 Å². The zero-order valence-electron chi connectivity index (χ0n) is 15.4. The fraction of sp³-hybridized carbons (Fsp3) is 0.190. The van der Waals surface area contributed by atoms with E-state index >= 15 is 0 Å². The molecule has 0 N–H and O–H groups in total. The highest BCUT2D eigenvalue weighted by Crippen LogP contribution is 2.35. The summed E-state index contributed by atoms with van der Waals surface area (Å²) >= 11 is 3.45. The van der Waals surface area contributed by atoms with E-state index in [1.165, 1.54) is 15.6 Å². The van der Waals surface area contributed by atoms with Gasteiger partial charge in [0.15, 0.2) is 11.0 Å². The number of rotatable bonds is 6. The van der Waals surface area contributed by atoms with Gasteiger partial charge in [0, 0.05) is 45.7 Å². The monoisotopic (exact) mass is 405 g/mol. The minimum absolute atomic E-state index is 0.772. The van der Waals surface area contributed by atoms with Crippen LogP contribution >= 0.6 is 23.1 Å². The first kappa shape index (κ1) is 17.5. The summed E-state index contributed by atoms with van der Waals surface area (Å²) in [4.78, 5) is 4.69. The van der Waals surface area contributed by atoms with Crippen LogP contribution in [0.2, 0.25) is 0 Å². The maximum atomic E-state index is 4.69. The molecule has 0 radical (unpaired) electrons. The highest BCUT2D eigenvalue weighted by Gasteiger charge is 2.17. The van der Waals surface area contributed by atoms with Crippen LogP contribution in [-0.4, -0.2) is 24.1 Å². The Morgan fingerprint density at radius 2 is 1.96 bits per heavy atom. The van der Waals surface area contributed by atoms with Crippen LogP contribution in [-0.2, 0) is 12.3 Å². The molecule has 140 valence electrons. The average molecular weight is 406 g/mol. The van der Waals surface area contributed by atoms with Crippen LogP contribution < -0.4 is 0 Å². The van der Waals surface area contributed by atoms with E-state index in [4.69, 9.17) is 0 Å². The van der Waals surface area contributed by atoms with Crippen molar-refractivity contribution in [1.29, 1.82) is 0 Å². The summed E-state index contributed by atoms with van der Waals surface area (Å²) in [6.07, 6.45) is 5.14. The van der Waals surface area contributed by atoms with Crippen molar-refractivity contribution in [3.63, 3.8) is 0 Å². The van der Waals surface area contributed by atoms with Crippen LogP contribution in [0.1, 0.15) is 19.0 Å². The van der Waals surface area contributed by atoms with Gasteiger partial charge in [-0.15, -0.1) is 21.5 Å². The average Bonchev–Trinajstić information content (AvgIpc) is 3.42. The minimum Gasteiger partial charge on any atom is -0.307 e. The van der Waals surface area contributed by atoms with E-state index in [2.05, 4.69) is 66.9 Å². The van der Waals surface area contributed by atoms with Gasteiger partial charge in [0.05, 0.1) is 5.69 Å². The molecule has 5 nitrogen and oxygen atoms in total. The van der Waals surface area contributed by atoms with Gasteiger partial charge < -0.3 is 8.97 Å². The number of fused-ring (bicyclic) bond motifs is 2. The quantitative estimate of drug-likeness (QED) is 0.350. The second-order valence-corrected chi connectivity index (χ2v) is 8.44. The lowest BCUT2D eigenvalue weighted by Crippen LogP contribution is -2.01. The first-order valence-electron chi connectivity index (χ1n) is 9.28. The number of pyridine rings is 1. The first-order chi connectivity index (χ1) is 13.8. The molecule has 0 aliphatic rings. The van der Waals surface area contributed by atoms with Gasteiger partial charge in [-0.05, 0) is 24.6 Å². The lowest BCUT2D eigenvalue weighted by Gasteiger charge is -2.08. The van der Waals surface area contributed by atoms with Crippen molar-refractivity contribution in [1.82, 2.24) is 24.1 Å². The summed E-state index contributed by atoms with van der Waals surface area (Å²) in [6, 6.07) is 14.5. The zero-order chi connectivity index (χ0) is 18.9. The molecular weight excluding hydrogens is 386 g/mol. The molecule has 7 heteroatoms. The summed E-state index contributed by atoms with van der Waals surface area (Å²) in [6.45, 7) is 3.09. The Balaban J connectivity index is 1.46. The molecule has 0 atom stereocenters. The van der Waals surface area contributed by atoms with Gasteiger partial charge in [-0.25, -0.2) is 4.98 Å². The number of hydrogen-bond acceptors (Lipinski definition) is 5. The molecule has 0 spiro atoms. The third-order valence-corrected chi connectivity index (χ3v) is 6.61. The van der Waals surface area contributed by atoms with E-state index in [9.17, 15) is 0 Å². The van der Waals surface area contributed by atoms with Crippen molar-refractivity contribution >= 4 is 38.8 Å². The molecule has 0 fully saturated rings. The van der Waals surface area contributed by atoms with E-state index in [1.807, 2.05) is 24.4 Å². The predicted molar refractivity (Wildman–Crippen MR) is 116 cm³/mol. The Labute approximate surface area is 171 Å². The number of benzene rings is 1. The molecule has 0 aliphatic heterocycles. The zero-order valence-corrected chi connectivity index (χ0v) is 17.1. The maximum Gasteiger partial charge on any atom is 0.191 e. The topological polar surface area (TPSA) is 48.0 Å². The molecule has 28 heavy (non-hydrogen) atoms. The van der Waals surface area contributed by atoms with Gasteiger partial charge in [-0.3, -0.25) is 0 Å². The third-order valence-electron chi connectivity index (χ3n) is 4.65. The molecule has 5 aromatic rings. The van der Waals surface area contributed by atoms with Crippen molar-refractivity contribution in [3.05, 3.63) is 65.9 Å². The van der Waals surface area contributed by atoms with Crippen LogP contribution in [0.3, 0.4) is 0 Å². The van der Waals surface area contributed by atoms with Crippen molar-refractivity contribution in [2.75, 3.05) is 0 Å². The maximum absolute atomic E-state index is 4.69. The van der Waals surface area contributed by atoms with Crippen LogP contribution in [0.5, 0.6) is 0 Å². The molecule has 0 saturated heterocycles. The van der Waals surface area contributed by atoms with Gasteiger partial charge in [0.2, 0.25) is 0 Å². The van der Waals surface area contributed by atoms with Gasteiger partial charge in [-0.1, -0.05) is 43.0 Å². The van der Waals surface area contributed by atoms with Gasteiger partial charge in [0.1, 0.15) is 5.65 Å². The number of thioether (sulfide) groups is 1. The molecule has 5 rings (SSSR count). The second kappa shape index (κ2) is 7.41. The van der Waals surface area contributed by atoms with E-state index in [1.54, 1.807) is 23.1 Å². The molecule has 0 unspecified atom stereocenters. The van der Waals surface area contributed by atoms with Crippen LogP contribution in [0, 0.1) is 0 Å². The lowest BCUT2D eigenvalue weighted by molar-refractivity contribution is 0.626. The summed E-state index contributed by atoms with van der Waals surface area (Å²) in [5, 5.41) is 13.5. The summed E-state index contributed by atoms with van der Waals surface area (Å²) < 4.78 is 5.58. The number of aromatic nitrogens is 5. The van der Waals surface area contributed by atoms with Crippen molar-refractivity contribution in [2.24, 2.45) is 0 Å². The van der Waals surface area contributed by atoms with E-state index in [0.717, 1.165) is 41.0 Å². The summed E-state index contributed by atoms with van der Waals surface area (Å²) in [5.74, 6) is 1.73. The number of hydrogen-bond donors (Lipinski definition) is 0. The van der Waals surface area contributed by atoms with E-state index in [0.29, 0.717) is 0 Å². The highest BCUT2D eigenvalue weighted by molar-refractivity contribution is 7.98. The molecular formula is C21H19N5S2. The fourth-order valence-corrected chi connectivity index (χ4v) is 5.15. The molecule has 0 aliphatic carbocycles. The van der Waals surface area contributed by atoms with Crippen molar-refractivity contribution in [3.8, 4) is 11.4 Å². The largest absolute Gasteiger partial charge is 0.307 e. The van der Waals surface area contributed by atoms with Gasteiger partial charge in [-0.2, -0.15) is 0 Å². The standard InChI is InChI=1S/C21H19N5S2/c1-2-10-26-20(17-14-27-18-8-4-3-7-16(17)18)23-24-21(26)28-13-15-12-25-11-6-5-9-19(25)22-15/h3-9,11-12,14H,2,10,13H2,1H3. The number of nitrogens with zero attached hydrogens (tertiary/aromatic N) is 5. The van der Waals surface area contributed by atoms with Crippen LogP contribution in [0.25, 0.3) is 27.1 Å². The molecule has 4 heterocycles. The third kappa shape index (κ3) is 3.10. The van der Waals surface area contributed by atoms with Crippen LogP contribution in [0.15, 0.2) is 65.4 Å². The number of imidazole rings is 1. The van der Waals surface area contributed by atoms with Crippen LogP contribution in [0.4, 0.5) is 0 Å². The summed E-state index contributed by atoms with van der Waals surface area (Å²) in [5.41, 5.74) is 3.18. The van der Waals surface area contributed by atoms with Gasteiger partial charge in [0.25, 0.3) is 0 Å². The molecule has 0 saturated carbocycles. The Morgan fingerprint density at radius 1 is 1.07 bits per heavy atom. The second-order valence-electron chi connectivity index (χ2n) is 6.59. The van der Waals surface area contributed by atoms with Crippen molar-refractivity contribution in [2.45, 2.75) is 30.8 Å². The molecule has 0 amide bonds. The Kier molecular flexibility index (Phi) is 4.62. The Hall–Kier alpha value is -2.64. The van der Waals surface area contributed by atoms with E-state index < -0.39 is 0 Å². The molecule has 0 bridgehead atoms.